The molecule has 0 aliphatic rings. The van der Waals surface area contributed by atoms with Crippen LogP contribution >= 0.6 is 0 Å². The number of hydrogen-bond donors (Lipinski definition) is 1. The average molecular weight is 270 g/mol. The summed E-state index contributed by atoms with van der Waals surface area (Å²) in [5.41, 5.74) is 2.07. The Balaban J connectivity index is 2.23. The summed E-state index contributed by atoms with van der Waals surface area (Å²) >= 11 is 0. The minimum absolute atomic E-state index is 0.187. The third-order valence-corrected chi connectivity index (χ3v) is 3.09. The maximum atomic E-state index is 13.0. The van der Waals surface area contributed by atoms with Gasteiger partial charge in [-0.25, -0.2) is 9.37 Å². The van der Waals surface area contributed by atoms with Crippen molar-refractivity contribution < 1.29 is 14.3 Å². The highest BCUT2D eigenvalue weighted by Gasteiger charge is 2.13. The van der Waals surface area contributed by atoms with Gasteiger partial charge >= 0.3 is 5.97 Å². The Morgan fingerprint density at radius 2 is 2.00 bits per heavy atom. The van der Waals surface area contributed by atoms with Crippen molar-refractivity contribution in [2.75, 3.05) is 0 Å². The van der Waals surface area contributed by atoms with Crippen LogP contribution in [-0.2, 0) is 11.3 Å². The second-order valence-corrected chi connectivity index (χ2v) is 4.43. The molecule has 0 saturated carbocycles. The van der Waals surface area contributed by atoms with Gasteiger partial charge in [0.1, 0.15) is 18.0 Å². The van der Waals surface area contributed by atoms with Gasteiger partial charge in [0, 0.05) is 11.6 Å². The third kappa shape index (κ3) is 2.14. The van der Waals surface area contributed by atoms with E-state index in [9.17, 15) is 9.18 Å². The molecule has 3 aromatic rings. The Labute approximate surface area is 114 Å². The second kappa shape index (κ2) is 4.77. The molecule has 0 amide bonds. The summed E-state index contributed by atoms with van der Waals surface area (Å²) in [4.78, 5) is 15.3. The highest BCUT2D eigenvalue weighted by Crippen LogP contribution is 2.27. The monoisotopic (exact) mass is 270 g/mol. The van der Waals surface area contributed by atoms with Crippen LogP contribution < -0.4 is 0 Å². The second-order valence-electron chi connectivity index (χ2n) is 4.43. The number of fused-ring (bicyclic) bond motifs is 1. The maximum absolute atomic E-state index is 13.0. The lowest BCUT2D eigenvalue weighted by Crippen LogP contribution is -2.10. The molecule has 1 aromatic carbocycles. The van der Waals surface area contributed by atoms with Crippen molar-refractivity contribution >= 4 is 17.0 Å². The van der Waals surface area contributed by atoms with E-state index in [-0.39, 0.29) is 12.4 Å². The van der Waals surface area contributed by atoms with Crippen LogP contribution in [0.3, 0.4) is 0 Å². The fraction of sp³-hybridized carbons (Fsp3) is 0.0667. The van der Waals surface area contributed by atoms with Crippen molar-refractivity contribution in [3.63, 3.8) is 0 Å². The molecule has 0 unspecified atom stereocenters. The number of halogens is 1. The van der Waals surface area contributed by atoms with Crippen LogP contribution in [-0.4, -0.2) is 20.6 Å². The molecule has 100 valence electrons. The first kappa shape index (κ1) is 12.3. The van der Waals surface area contributed by atoms with Gasteiger partial charge in [-0.3, -0.25) is 4.79 Å². The molecule has 2 heterocycles. The smallest absolute Gasteiger partial charge is 0.323 e. The molecule has 0 radical (unpaired) electrons. The minimum atomic E-state index is -0.948. The van der Waals surface area contributed by atoms with E-state index < -0.39 is 5.97 Å². The van der Waals surface area contributed by atoms with Crippen LogP contribution in [0.1, 0.15) is 0 Å². The summed E-state index contributed by atoms with van der Waals surface area (Å²) in [6, 6.07) is 11.5. The average Bonchev–Trinajstić information content (AvgIpc) is 2.78. The molecule has 3 rings (SSSR count). The molecule has 0 aliphatic carbocycles. The van der Waals surface area contributed by atoms with E-state index in [4.69, 9.17) is 5.11 Å². The van der Waals surface area contributed by atoms with Crippen LogP contribution in [0.25, 0.3) is 22.3 Å². The molecule has 20 heavy (non-hydrogen) atoms. The molecule has 1 N–H and O–H groups in total. The van der Waals surface area contributed by atoms with Gasteiger partial charge in [-0.2, -0.15) is 0 Å². The predicted molar refractivity (Wildman–Crippen MR) is 72.8 cm³/mol. The zero-order valence-electron chi connectivity index (χ0n) is 10.5. The largest absolute Gasteiger partial charge is 0.480 e. The molecule has 0 fully saturated rings. The van der Waals surface area contributed by atoms with Crippen LogP contribution in [0, 0.1) is 5.82 Å². The first-order chi connectivity index (χ1) is 9.65. The molecular weight excluding hydrogens is 259 g/mol. The number of carboxylic acids is 1. The van der Waals surface area contributed by atoms with Gasteiger partial charge in [0.15, 0.2) is 0 Å². The fourth-order valence-corrected chi connectivity index (χ4v) is 2.24. The van der Waals surface area contributed by atoms with Crippen molar-refractivity contribution in [2.24, 2.45) is 0 Å². The summed E-state index contributed by atoms with van der Waals surface area (Å²) in [7, 11) is 0. The van der Waals surface area contributed by atoms with Crippen LogP contribution in [0.5, 0.6) is 0 Å². The lowest BCUT2D eigenvalue weighted by molar-refractivity contribution is -0.137. The van der Waals surface area contributed by atoms with E-state index in [2.05, 4.69) is 4.98 Å². The molecule has 2 aromatic heterocycles. The summed E-state index contributed by atoms with van der Waals surface area (Å²) in [5.74, 6) is -1.27. The van der Waals surface area contributed by atoms with Crippen molar-refractivity contribution in [3.8, 4) is 11.3 Å². The quantitative estimate of drug-likeness (QED) is 0.796. The van der Waals surface area contributed by atoms with Gasteiger partial charge in [0.05, 0.1) is 5.69 Å². The topological polar surface area (TPSA) is 55.1 Å². The number of carbonyl (C=O) groups is 1. The molecule has 4 nitrogen and oxygen atoms in total. The van der Waals surface area contributed by atoms with E-state index >= 15 is 0 Å². The normalized spacial score (nSPS) is 10.8. The number of aromatic nitrogens is 2. The van der Waals surface area contributed by atoms with Crippen molar-refractivity contribution in [1.82, 2.24) is 9.55 Å². The molecule has 0 atom stereocenters. The first-order valence-electron chi connectivity index (χ1n) is 6.07. The van der Waals surface area contributed by atoms with Gasteiger partial charge in [-0.1, -0.05) is 0 Å². The molecule has 0 spiro atoms. The Morgan fingerprint density at radius 1 is 1.25 bits per heavy atom. The summed E-state index contributed by atoms with van der Waals surface area (Å²) in [6.45, 7) is -0.187. The lowest BCUT2D eigenvalue weighted by Gasteiger charge is -2.07. The van der Waals surface area contributed by atoms with Crippen molar-refractivity contribution in [1.29, 1.82) is 0 Å². The van der Waals surface area contributed by atoms with Gasteiger partial charge in [-0.15, -0.1) is 0 Å². The van der Waals surface area contributed by atoms with Crippen LogP contribution in [0.4, 0.5) is 4.39 Å². The minimum Gasteiger partial charge on any atom is -0.480 e. The fourth-order valence-electron chi connectivity index (χ4n) is 2.24. The number of nitrogens with zero attached hydrogens (tertiary/aromatic N) is 2. The Bertz CT molecular complexity index is 778. The number of benzene rings is 1. The zero-order valence-corrected chi connectivity index (χ0v) is 10.5. The molecule has 5 heteroatoms. The number of carboxylic acid groups (broad SMARTS) is 1. The maximum Gasteiger partial charge on any atom is 0.323 e. The van der Waals surface area contributed by atoms with Crippen molar-refractivity contribution in [2.45, 2.75) is 6.54 Å². The first-order valence-corrected chi connectivity index (χ1v) is 6.07. The van der Waals surface area contributed by atoms with E-state index in [0.29, 0.717) is 11.3 Å². The zero-order chi connectivity index (χ0) is 14.1. The molecule has 0 saturated heterocycles. The summed E-state index contributed by atoms with van der Waals surface area (Å²) in [6.07, 6.45) is 1.62. The Hall–Kier alpha value is -2.69. The van der Waals surface area contributed by atoms with E-state index in [1.807, 2.05) is 12.1 Å². The number of aliphatic carboxylic acids is 1. The third-order valence-electron chi connectivity index (χ3n) is 3.09. The number of rotatable bonds is 3. The molecule has 0 aliphatic heterocycles. The van der Waals surface area contributed by atoms with Crippen molar-refractivity contribution in [3.05, 3.63) is 54.5 Å². The lowest BCUT2D eigenvalue weighted by atomic mass is 10.1. The Morgan fingerprint density at radius 3 is 2.70 bits per heavy atom. The van der Waals surface area contributed by atoms with Gasteiger partial charge < -0.3 is 9.67 Å². The summed E-state index contributed by atoms with van der Waals surface area (Å²) in [5, 5.41) is 9.91. The molecular formula is C15H11FN2O2. The van der Waals surface area contributed by atoms with Gasteiger partial charge in [0.2, 0.25) is 0 Å². The van der Waals surface area contributed by atoms with Crippen LogP contribution in [0.15, 0.2) is 48.7 Å². The standard InChI is InChI=1S/C15H11FN2O2/c16-12-5-3-10(4-6-12)13-8-11-2-1-7-17-15(11)18(13)9-14(19)20/h1-8H,9H2,(H,19,20). The van der Waals surface area contributed by atoms with E-state index in [0.717, 1.165) is 10.9 Å². The van der Waals surface area contributed by atoms with Gasteiger partial charge in [-0.05, 0) is 48.0 Å². The Kier molecular flexibility index (Phi) is 2.95. The van der Waals surface area contributed by atoms with E-state index in [1.165, 1.54) is 12.1 Å². The number of hydrogen-bond acceptors (Lipinski definition) is 2. The summed E-state index contributed by atoms with van der Waals surface area (Å²) < 4.78 is 14.6. The van der Waals surface area contributed by atoms with Crippen LogP contribution in [0.2, 0.25) is 0 Å². The van der Waals surface area contributed by atoms with Gasteiger partial charge in [0.25, 0.3) is 0 Å². The molecule has 0 bridgehead atoms. The SMILES string of the molecule is O=C(O)Cn1c(-c2ccc(F)cc2)cc2cccnc21. The van der Waals surface area contributed by atoms with E-state index in [1.54, 1.807) is 29.0 Å². The number of pyridine rings is 1. The highest BCUT2D eigenvalue weighted by molar-refractivity contribution is 5.85. The highest BCUT2D eigenvalue weighted by atomic mass is 19.1. The predicted octanol–water partition coefficient (Wildman–Crippen LogP) is 2.93.